The molecule has 1 nitrogen and oxygen atoms in total. The number of ketones is 1. The van der Waals surface area contributed by atoms with E-state index in [2.05, 4.69) is 0 Å². The first-order valence-corrected chi connectivity index (χ1v) is 3.94. The normalized spacial score (nSPS) is 10.2. The molecule has 13 heavy (non-hydrogen) atoms. The maximum absolute atomic E-state index is 12.8. The van der Waals surface area contributed by atoms with Crippen molar-refractivity contribution in [1.29, 1.82) is 0 Å². The Morgan fingerprint density at radius 1 is 1.38 bits per heavy atom. The molecule has 1 rings (SSSR count). The van der Waals surface area contributed by atoms with E-state index in [0.717, 1.165) is 6.07 Å². The molecule has 0 saturated carbocycles. The lowest BCUT2D eigenvalue weighted by atomic mass is 10.1. The molecule has 0 aromatic heterocycles. The number of benzene rings is 1. The second kappa shape index (κ2) is 3.64. The molecule has 0 bridgehead atoms. The Labute approximate surface area is 75.4 Å². The fourth-order valence-corrected chi connectivity index (χ4v) is 1.19. The maximum Gasteiger partial charge on any atom is 0.161 e. The smallest absolute Gasteiger partial charge is 0.161 e. The molecule has 70 valence electrons. The van der Waals surface area contributed by atoms with E-state index in [4.69, 9.17) is 0 Å². The first kappa shape index (κ1) is 9.84. The van der Waals surface area contributed by atoms with Gasteiger partial charge in [0.25, 0.3) is 0 Å². The van der Waals surface area contributed by atoms with Crippen LogP contribution in [0.15, 0.2) is 12.1 Å². The van der Waals surface area contributed by atoms with Gasteiger partial charge in [-0.3, -0.25) is 4.79 Å². The summed E-state index contributed by atoms with van der Waals surface area (Å²) in [4.78, 5) is 10.7. The summed E-state index contributed by atoms with van der Waals surface area (Å²) < 4.78 is 25.6. The largest absolute Gasteiger partial charge is 0.300 e. The van der Waals surface area contributed by atoms with Crippen molar-refractivity contribution >= 4 is 5.78 Å². The highest BCUT2D eigenvalue weighted by Crippen LogP contribution is 2.14. The molecular weight excluding hydrogens is 174 g/mol. The first-order chi connectivity index (χ1) is 6.00. The van der Waals surface area contributed by atoms with Gasteiger partial charge < -0.3 is 0 Å². The summed E-state index contributed by atoms with van der Waals surface area (Å²) in [6, 6.07) is 2.55. The van der Waals surface area contributed by atoms with Crippen LogP contribution < -0.4 is 0 Å². The number of rotatable bonds is 2. The minimum Gasteiger partial charge on any atom is -0.300 e. The highest BCUT2D eigenvalue weighted by atomic mass is 19.2. The van der Waals surface area contributed by atoms with E-state index in [0.29, 0.717) is 5.56 Å². The van der Waals surface area contributed by atoms with E-state index in [1.807, 2.05) is 0 Å². The quantitative estimate of drug-likeness (QED) is 0.689. The van der Waals surface area contributed by atoms with Crippen LogP contribution in [0.5, 0.6) is 0 Å². The second-order valence-corrected chi connectivity index (χ2v) is 3.09. The molecule has 0 saturated heterocycles. The Balaban J connectivity index is 3.06. The van der Waals surface area contributed by atoms with Crippen LogP contribution in [0.4, 0.5) is 8.78 Å². The number of hydrogen-bond donors (Lipinski definition) is 0. The number of Topliss-reactive ketones (excluding diaryl/α,β-unsaturated/α-hetero) is 1. The van der Waals surface area contributed by atoms with E-state index in [-0.39, 0.29) is 17.8 Å². The van der Waals surface area contributed by atoms with Crippen molar-refractivity contribution in [2.45, 2.75) is 20.3 Å². The van der Waals surface area contributed by atoms with Crippen molar-refractivity contribution in [3.05, 3.63) is 34.9 Å². The zero-order valence-electron chi connectivity index (χ0n) is 7.53. The lowest BCUT2D eigenvalue weighted by Crippen LogP contribution is -1.99. The molecule has 0 spiro atoms. The summed E-state index contributed by atoms with van der Waals surface area (Å²) >= 11 is 0. The predicted octanol–water partition coefficient (Wildman–Crippen LogP) is 2.40. The van der Waals surface area contributed by atoms with Crippen molar-refractivity contribution < 1.29 is 13.6 Å². The Bertz CT molecular complexity index is 322. The van der Waals surface area contributed by atoms with E-state index < -0.39 is 11.6 Å². The third-order valence-electron chi connectivity index (χ3n) is 1.72. The van der Waals surface area contributed by atoms with Gasteiger partial charge >= 0.3 is 0 Å². The second-order valence-electron chi connectivity index (χ2n) is 3.09. The van der Waals surface area contributed by atoms with E-state index >= 15 is 0 Å². The van der Waals surface area contributed by atoms with Gasteiger partial charge in [0.15, 0.2) is 11.6 Å². The van der Waals surface area contributed by atoms with Crippen LogP contribution in [-0.4, -0.2) is 5.78 Å². The summed E-state index contributed by atoms with van der Waals surface area (Å²) in [5.41, 5.74) is 0.750. The van der Waals surface area contributed by atoms with Crippen LogP contribution >= 0.6 is 0 Å². The monoisotopic (exact) mass is 184 g/mol. The number of carbonyl (C=O) groups is 1. The molecule has 0 N–H and O–H groups in total. The Morgan fingerprint density at radius 2 is 2.00 bits per heavy atom. The van der Waals surface area contributed by atoms with E-state index in [1.54, 1.807) is 0 Å². The molecule has 0 aliphatic heterocycles. The fraction of sp³-hybridized carbons (Fsp3) is 0.300. The van der Waals surface area contributed by atoms with Gasteiger partial charge in [0, 0.05) is 6.42 Å². The molecule has 1 aromatic carbocycles. The van der Waals surface area contributed by atoms with Gasteiger partial charge in [-0.05, 0) is 31.0 Å². The Kier molecular flexibility index (Phi) is 2.76. The van der Waals surface area contributed by atoms with Crippen molar-refractivity contribution in [3.8, 4) is 0 Å². The van der Waals surface area contributed by atoms with E-state index in [9.17, 15) is 13.6 Å². The molecule has 0 heterocycles. The van der Waals surface area contributed by atoms with Gasteiger partial charge in [0.1, 0.15) is 5.78 Å². The number of halogens is 2. The molecule has 0 amide bonds. The van der Waals surface area contributed by atoms with Crippen molar-refractivity contribution in [3.63, 3.8) is 0 Å². The maximum atomic E-state index is 12.8. The van der Waals surface area contributed by atoms with Crippen molar-refractivity contribution in [1.82, 2.24) is 0 Å². The van der Waals surface area contributed by atoms with Gasteiger partial charge in [-0.1, -0.05) is 6.07 Å². The van der Waals surface area contributed by atoms with Gasteiger partial charge in [-0.25, -0.2) is 8.78 Å². The average molecular weight is 184 g/mol. The minimum atomic E-state index is -0.892. The topological polar surface area (TPSA) is 17.1 Å². The van der Waals surface area contributed by atoms with Crippen molar-refractivity contribution in [2.75, 3.05) is 0 Å². The summed E-state index contributed by atoms with van der Waals surface area (Å²) in [6.07, 6.45) is 0.151. The van der Waals surface area contributed by atoms with Gasteiger partial charge in [-0.2, -0.15) is 0 Å². The Morgan fingerprint density at radius 3 is 2.46 bits per heavy atom. The third kappa shape index (κ3) is 2.34. The number of aryl methyl sites for hydroxylation is 1. The number of hydrogen-bond acceptors (Lipinski definition) is 1. The third-order valence-corrected chi connectivity index (χ3v) is 1.72. The fourth-order valence-electron chi connectivity index (χ4n) is 1.19. The van der Waals surface area contributed by atoms with Crippen LogP contribution in [-0.2, 0) is 11.2 Å². The zero-order valence-corrected chi connectivity index (χ0v) is 7.53. The van der Waals surface area contributed by atoms with Crippen LogP contribution in [0, 0.1) is 18.6 Å². The summed E-state index contributed by atoms with van der Waals surface area (Å²) in [6.45, 7) is 2.89. The van der Waals surface area contributed by atoms with Gasteiger partial charge in [-0.15, -0.1) is 0 Å². The molecule has 0 unspecified atom stereocenters. The minimum absolute atomic E-state index is 0.0644. The highest BCUT2D eigenvalue weighted by Gasteiger charge is 2.08. The summed E-state index contributed by atoms with van der Waals surface area (Å²) in [7, 11) is 0. The SMILES string of the molecule is CC(=O)Cc1cc(C)c(F)c(F)c1. The molecule has 0 atom stereocenters. The Hall–Kier alpha value is -1.25. The van der Waals surface area contributed by atoms with Crippen LogP contribution in [0.25, 0.3) is 0 Å². The highest BCUT2D eigenvalue weighted by molar-refractivity contribution is 5.78. The predicted molar refractivity (Wildman–Crippen MR) is 45.5 cm³/mol. The zero-order chi connectivity index (χ0) is 10.0. The molecule has 0 fully saturated rings. The van der Waals surface area contributed by atoms with Crippen LogP contribution in [0.2, 0.25) is 0 Å². The lowest BCUT2D eigenvalue weighted by molar-refractivity contribution is -0.116. The molecule has 0 aliphatic carbocycles. The molecule has 0 aliphatic rings. The molecular formula is C10H10F2O. The van der Waals surface area contributed by atoms with Crippen molar-refractivity contribution in [2.24, 2.45) is 0 Å². The first-order valence-electron chi connectivity index (χ1n) is 3.94. The standard InChI is InChI=1S/C10H10F2O/c1-6-3-8(4-7(2)13)5-9(11)10(6)12/h3,5H,4H2,1-2H3. The van der Waals surface area contributed by atoms with Gasteiger partial charge in [0.05, 0.1) is 0 Å². The molecule has 3 heteroatoms. The van der Waals surface area contributed by atoms with Gasteiger partial charge in [0.2, 0.25) is 0 Å². The number of carbonyl (C=O) groups excluding carboxylic acids is 1. The van der Waals surface area contributed by atoms with Crippen LogP contribution in [0.1, 0.15) is 18.1 Å². The summed E-state index contributed by atoms with van der Waals surface area (Å²) in [5.74, 6) is -1.80. The summed E-state index contributed by atoms with van der Waals surface area (Å²) in [5, 5.41) is 0. The average Bonchev–Trinajstić information content (AvgIpc) is 1.98. The van der Waals surface area contributed by atoms with E-state index in [1.165, 1.54) is 19.9 Å². The van der Waals surface area contributed by atoms with Crippen LogP contribution in [0.3, 0.4) is 0 Å². The molecule has 0 radical (unpaired) electrons. The molecule has 1 aromatic rings. The lowest BCUT2D eigenvalue weighted by Gasteiger charge is -2.02.